The van der Waals surface area contributed by atoms with Crippen molar-refractivity contribution < 1.29 is 0 Å². The van der Waals surface area contributed by atoms with E-state index in [1.807, 2.05) is 6.07 Å². The highest BCUT2D eigenvalue weighted by atomic mass is 14.8. The molecule has 0 aromatic heterocycles. The van der Waals surface area contributed by atoms with E-state index in [0.717, 1.165) is 17.3 Å². The largest absolute Gasteiger partial charge is 0.397 e. The summed E-state index contributed by atoms with van der Waals surface area (Å²) < 4.78 is 0. The standard InChI is InChI=1S/C12H14N2/c1-14-10-5-4-9-7-2-3-8(6-7)11(9)12(10)13/h4-5,7-8H,1-3,6,13H2. The number of benzene rings is 1. The van der Waals surface area contributed by atoms with Crippen molar-refractivity contribution in [2.24, 2.45) is 4.99 Å². The van der Waals surface area contributed by atoms with Crippen LogP contribution in [0.1, 0.15) is 42.2 Å². The first-order valence-electron chi connectivity index (χ1n) is 5.20. The highest BCUT2D eigenvalue weighted by Gasteiger charge is 2.38. The molecule has 0 spiro atoms. The summed E-state index contributed by atoms with van der Waals surface area (Å²) in [6.07, 6.45) is 3.96. The van der Waals surface area contributed by atoms with Crippen molar-refractivity contribution in [1.29, 1.82) is 0 Å². The van der Waals surface area contributed by atoms with Crippen LogP contribution < -0.4 is 5.73 Å². The zero-order chi connectivity index (χ0) is 9.71. The van der Waals surface area contributed by atoms with Crippen molar-refractivity contribution in [2.45, 2.75) is 31.1 Å². The second-order valence-electron chi connectivity index (χ2n) is 4.37. The van der Waals surface area contributed by atoms with Crippen LogP contribution in [0.4, 0.5) is 11.4 Å². The van der Waals surface area contributed by atoms with Crippen LogP contribution in [0.15, 0.2) is 17.1 Å². The molecule has 1 saturated carbocycles. The normalized spacial score (nSPS) is 27.7. The number of nitrogen functional groups attached to an aromatic ring is 1. The highest BCUT2D eigenvalue weighted by Crippen LogP contribution is 2.56. The molecule has 2 aliphatic carbocycles. The average Bonchev–Trinajstić information content (AvgIpc) is 2.78. The molecule has 0 heterocycles. The van der Waals surface area contributed by atoms with Crippen LogP contribution in [0.5, 0.6) is 0 Å². The van der Waals surface area contributed by atoms with E-state index in [2.05, 4.69) is 17.8 Å². The molecule has 0 aliphatic heterocycles. The van der Waals surface area contributed by atoms with Gasteiger partial charge in [-0.1, -0.05) is 6.07 Å². The first-order valence-corrected chi connectivity index (χ1v) is 5.20. The van der Waals surface area contributed by atoms with Gasteiger partial charge in [0.15, 0.2) is 0 Å². The highest BCUT2D eigenvalue weighted by molar-refractivity contribution is 5.73. The van der Waals surface area contributed by atoms with E-state index in [1.54, 1.807) is 0 Å². The van der Waals surface area contributed by atoms with E-state index in [9.17, 15) is 0 Å². The van der Waals surface area contributed by atoms with E-state index in [-0.39, 0.29) is 0 Å². The summed E-state index contributed by atoms with van der Waals surface area (Å²) in [5.41, 5.74) is 10.7. The Kier molecular flexibility index (Phi) is 1.49. The monoisotopic (exact) mass is 186 g/mol. The van der Waals surface area contributed by atoms with Gasteiger partial charge in [0, 0.05) is 0 Å². The average molecular weight is 186 g/mol. The number of hydrogen-bond donors (Lipinski definition) is 1. The van der Waals surface area contributed by atoms with Crippen LogP contribution >= 0.6 is 0 Å². The zero-order valence-electron chi connectivity index (χ0n) is 8.16. The summed E-state index contributed by atoms with van der Waals surface area (Å²) in [4.78, 5) is 3.96. The number of rotatable bonds is 1. The Morgan fingerprint density at radius 1 is 1.29 bits per heavy atom. The topological polar surface area (TPSA) is 38.4 Å². The number of nitrogens with two attached hydrogens (primary N) is 1. The van der Waals surface area contributed by atoms with Gasteiger partial charge in [0.1, 0.15) is 0 Å². The predicted molar refractivity (Wildman–Crippen MR) is 59.4 cm³/mol. The fourth-order valence-electron chi connectivity index (χ4n) is 3.12. The van der Waals surface area contributed by atoms with Gasteiger partial charge in [-0.15, -0.1) is 0 Å². The van der Waals surface area contributed by atoms with E-state index >= 15 is 0 Å². The van der Waals surface area contributed by atoms with Gasteiger partial charge in [-0.05, 0) is 55.0 Å². The van der Waals surface area contributed by atoms with Gasteiger partial charge < -0.3 is 5.73 Å². The summed E-state index contributed by atoms with van der Waals surface area (Å²) in [7, 11) is 0. The first-order chi connectivity index (χ1) is 6.81. The van der Waals surface area contributed by atoms with Gasteiger partial charge in [0.05, 0.1) is 11.4 Å². The van der Waals surface area contributed by atoms with Gasteiger partial charge >= 0.3 is 0 Å². The van der Waals surface area contributed by atoms with E-state index in [1.165, 1.54) is 30.4 Å². The molecule has 2 nitrogen and oxygen atoms in total. The quantitative estimate of drug-likeness (QED) is 0.531. The van der Waals surface area contributed by atoms with Gasteiger partial charge in [-0.3, -0.25) is 4.99 Å². The van der Waals surface area contributed by atoms with Crippen LogP contribution in [-0.2, 0) is 0 Å². The Morgan fingerprint density at radius 3 is 2.86 bits per heavy atom. The SMILES string of the molecule is C=Nc1ccc2c(c1N)C1CCC2C1. The van der Waals surface area contributed by atoms with E-state index < -0.39 is 0 Å². The second-order valence-corrected chi connectivity index (χ2v) is 4.37. The molecule has 1 aromatic rings. The lowest BCUT2D eigenvalue weighted by molar-refractivity contribution is 0.719. The molecule has 2 bridgehead atoms. The Balaban J connectivity index is 2.24. The minimum absolute atomic E-state index is 0.705. The fraction of sp³-hybridized carbons (Fsp3) is 0.417. The number of hydrogen-bond acceptors (Lipinski definition) is 2. The summed E-state index contributed by atoms with van der Waals surface area (Å²) in [5, 5.41) is 0. The molecular formula is C12H14N2. The molecule has 14 heavy (non-hydrogen) atoms. The maximum Gasteiger partial charge on any atom is 0.0854 e. The molecule has 2 aliphatic rings. The number of anilines is 1. The van der Waals surface area contributed by atoms with Crippen molar-refractivity contribution in [2.75, 3.05) is 5.73 Å². The van der Waals surface area contributed by atoms with Crippen molar-refractivity contribution >= 4 is 18.1 Å². The van der Waals surface area contributed by atoms with Crippen molar-refractivity contribution in [3.63, 3.8) is 0 Å². The summed E-state index contributed by atoms with van der Waals surface area (Å²) in [6.45, 7) is 3.55. The Labute approximate surface area is 83.8 Å². The molecule has 72 valence electrons. The smallest absolute Gasteiger partial charge is 0.0854 e. The molecule has 0 radical (unpaired) electrons. The Bertz CT molecular complexity index is 409. The fourth-order valence-corrected chi connectivity index (χ4v) is 3.12. The molecule has 1 fully saturated rings. The van der Waals surface area contributed by atoms with Crippen molar-refractivity contribution in [1.82, 2.24) is 0 Å². The van der Waals surface area contributed by atoms with Crippen LogP contribution in [0, 0.1) is 0 Å². The van der Waals surface area contributed by atoms with Crippen LogP contribution in [0.3, 0.4) is 0 Å². The van der Waals surface area contributed by atoms with Crippen LogP contribution in [0.2, 0.25) is 0 Å². The Hall–Kier alpha value is -1.31. The summed E-state index contributed by atoms with van der Waals surface area (Å²) >= 11 is 0. The van der Waals surface area contributed by atoms with Crippen molar-refractivity contribution in [3.8, 4) is 0 Å². The van der Waals surface area contributed by atoms with Crippen LogP contribution in [-0.4, -0.2) is 6.72 Å². The third-order valence-electron chi connectivity index (χ3n) is 3.75. The molecule has 2 heteroatoms. The molecule has 1 aromatic carbocycles. The lowest BCUT2D eigenvalue weighted by Crippen LogP contribution is -2.02. The third-order valence-corrected chi connectivity index (χ3v) is 3.75. The number of nitrogens with zero attached hydrogens (tertiary/aromatic N) is 1. The zero-order valence-corrected chi connectivity index (χ0v) is 8.16. The molecule has 2 atom stereocenters. The molecule has 2 unspecified atom stereocenters. The minimum atomic E-state index is 0.705. The van der Waals surface area contributed by atoms with E-state index in [4.69, 9.17) is 5.73 Å². The maximum atomic E-state index is 6.10. The van der Waals surface area contributed by atoms with Crippen molar-refractivity contribution in [3.05, 3.63) is 23.3 Å². The number of aliphatic imine (C=N–C) groups is 1. The van der Waals surface area contributed by atoms with Crippen LogP contribution in [0.25, 0.3) is 0 Å². The molecular weight excluding hydrogens is 172 g/mol. The van der Waals surface area contributed by atoms with Gasteiger partial charge in [0.2, 0.25) is 0 Å². The lowest BCUT2D eigenvalue weighted by atomic mass is 9.90. The predicted octanol–water partition coefficient (Wildman–Crippen LogP) is 2.97. The van der Waals surface area contributed by atoms with Gasteiger partial charge in [-0.2, -0.15) is 0 Å². The maximum absolute atomic E-state index is 6.10. The molecule has 3 rings (SSSR count). The van der Waals surface area contributed by atoms with E-state index in [0.29, 0.717) is 5.92 Å². The third kappa shape index (κ3) is 0.834. The minimum Gasteiger partial charge on any atom is -0.397 e. The summed E-state index contributed by atoms with van der Waals surface area (Å²) in [6, 6.07) is 4.20. The second kappa shape index (κ2) is 2.59. The first kappa shape index (κ1) is 8.04. The molecule has 0 saturated heterocycles. The Morgan fingerprint density at radius 2 is 2.07 bits per heavy atom. The number of fused-ring (bicyclic) bond motifs is 5. The summed E-state index contributed by atoms with van der Waals surface area (Å²) in [5.74, 6) is 1.48. The van der Waals surface area contributed by atoms with Gasteiger partial charge in [0.25, 0.3) is 0 Å². The lowest BCUT2D eigenvalue weighted by Gasteiger charge is -2.17. The van der Waals surface area contributed by atoms with Gasteiger partial charge in [-0.25, -0.2) is 0 Å². The molecule has 0 amide bonds. The molecule has 2 N–H and O–H groups in total.